The van der Waals surface area contributed by atoms with E-state index in [0.29, 0.717) is 6.42 Å². The Hall–Kier alpha value is -0.313. The summed E-state index contributed by atoms with van der Waals surface area (Å²) in [5.41, 5.74) is 0. The molecule has 0 saturated carbocycles. The number of unbranched alkanes of at least 4 members (excludes halogenated alkanes) is 11. The molecular formula is C23H48O2Si. The minimum Gasteiger partial charge on any atom is -0.520 e. The van der Waals surface area contributed by atoms with E-state index in [0.717, 1.165) is 12.3 Å². The molecule has 0 N–H and O–H groups in total. The summed E-state index contributed by atoms with van der Waals surface area (Å²) in [7, 11) is -1.68. The van der Waals surface area contributed by atoms with Gasteiger partial charge in [-0.25, -0.2) is 0 Å². The molecule has 0 rings (SSSR count). The molecule has 0 saturated heterocycles. The Labute approximate surface area is 166 Å². The number of hydrogen-bond donors (Lipinski definition) is 0. The van der Waals surface area contributed by atoms with Gasteiger partial charge >= 0.3 is 0 Å². The topological polar surface area (TPSA) is 26.3 Å². The molecule has 1 atom stereocenters. The fraction of sp³-hybridized carbons (Fsp3) is 0.957. The summed E-state index contributed by atoms with van der Waals surface area (Å²) in [5, 5.41) is 0. The lowest BCUT2D eigenvalue weighted by Crippen LogP contribution is -2.28. The van der Waals surface area contributed by atoms with E-state index in [1.54, 1.807) is 0 Å². The second-order valence-corrected chi connectivity index (χ2v) is 13.7. The van der Waals surface area contributed by atoms with Crippen LogP contribution in [0.3, 0.4) is 0 Å². The fourth-order valence-corrected chi connectivity index (χ4v) is 4.24. The smallest absolute Gasteiger partial charge is 0.292 e. The lowest BCUT2D eigenvalue weighted by molar-refractivity contribution is -0.135. The van der Waals surface area contributed by atoms with Gasteiger partial charge in [-0.2, -0.15) is 0 Å². The lowest BCUT2D eigenvalue weighted by Gasteiger charge is -2.17. The van der Waals surface area contributed by atoms with Crippen molar-refractivity contribution in [2.45, 2.75) is 136 Å². The predicted molar refractivity (Wildman–Crippen MR) is 118 cm³/mol. The van der Waals surface area contributed by atoms with Crippen molar-refractivity contribution < 1.29 is 9.22 Å². The highest BCUT2D eigenvalue weighted by molar-refractivity contribution is 6.71. The highest BCUT2D eigenvalue weighted by Crippen LogP contribution is 2.18. The van der Waals surface area contributed by atoms with E-state index < -0.39 is 8.32 Å². The van der Waals surface area contributed by atoms with Crippen LogP contribution in [0.5, 0.6) is 0 Å². The number of carbonyl (C=O) groups is 1. The van der Waals surface area contributed by atoms with E-state index in [1.807, 2.05) is 0 Å². The van der Waals surface area contributed by atoms with Gasteiger partial charge in [0.25, 0.3) is 5.97 Å². The van der Waals surface area contributed by atoms with Crippen LogP contribution in [0.4, 0.5) is 0 Å². The fourth-order valence-electron chi connectivity index (χ4n) is 3.46. The highest BCUT2D eigenvalue weighted by Gasteiger charge is 2.19. The SMILES string of the molecule is CCCCCC(C)CCCCCCCCCCCCC(=O)O[Si](C)(C)C. The molecule has 0 aromatic heterocycles. The van der Waals surface area contributed by atoms with Crippen molar-refractivity contribution in [3.05, 3.63) is 0 Å². The van der Waals surface area contributed by atoms with E-state index in [4.69, 9.17) is 4.43 Å². The van der Waals surface area contributed by atoms with Gasteiger partial charge in [0.1, 0.15) is 0 Å². The van der Waals surface area contributed by atoms with Crippen LogP contribution in [0.2, 0.25) is 19.6 Å². The molecule has 3 heteroatoms. The van der Waals surface area contributed by atoms with Gasteiger partial charge in [-0.1, -0.05) is 104 Å². The first-order valence-corrected chi connectivity index (χ1v) is 15.0. The van der Waals surface area contributed by atoms with E-state index in [1.165, 1.54) is 89.9 Å². The van der Waals surface area contributed by atoms with Gasteiger partial charge in [-0.15, -0.1) is 0 Å². The molecule has 156 valence electrons. The van der Waals surface area contributed by atoms with E-state index >= 15 is 0 Å². The van der Waals surface area contributed by atoms with Crippen molar-refractivity contribution in [1.29, 1.82) is 0 Å². The van der Waals surface area contributed by atoms with Crippen LogP contribution < -0.4 is 0 Å². The Morgan fingerprint density at radius 3 is 1.62 bits per heavy atom. The molecule has 0 amide bonds. The summed E-state index contributed by atoms with van der Waals surface area (Å²) in [5.74, 6) is 0.952. The van der Waals surface area contributed by atoms with Crippen molar-refractivity contribution in [3.8, 4) is 0 Å². The second-order valence-electron chi connectivity index (χ2n) is 9.26. The number of rotatable bonds is 18. The van der Waals surface area contributed by atoms with E-state index in [-0.39, 0.29) is 5.97 Å². The maximum Gasteiger partial charge on any atom is 0.292 e. The molecule has 0 aromatic rings. The first kappa shape index (κ1) is 25.7. The molecule has 0 radical (unpaired) electrons. The summed E-state index contributed by atoms with van der Waals surface area (Å²) in [6, 6.07) is 0. The van der Waals surface area contributed by atoms with Crippen molar-refractivity contribution in [3.63, 3.8) is 0 Å². The largest absolute Gasteiger partial charge is 0.520 e. The van der Waals surface area contributed by atoms with Crippen LogP contribution in [0.25, 0.3) is 0 Å². The number of carbonyl (C=O) groups excluding carboxylic acids is 1. The summed E-state index contributed by atoms with van der Waals surface area (Å²) in [6.45, 7) is 10.9. The van der Waals surface area contributed by atoms with Gasteiger partial charge in [-0.3, -0.25) is 4.79 Å². The molecule has 0 heterocycles. The van der Waals surface area contributed by atoms with Crippen LogP contribution in [-0.2, 0) is 9.22 Å². The molecule has 0 fully saturated rings. The Morgan fingerprint density at radius 1 is 0.731 bits per heavy atom. The zero-order valence-corrected chi connectivity index (χ0v) is 19.7. The molecule has 0 bridgehead atoms. The first-order chi connectivity index (χ1) is 12.3. The quantitative estimate of drug-likeness (QED) is 0.175. The van der Waals surface area contributed by atoms with Crippen LogP contribution in [0.15, 0.2) is 0 Å². The normalized spacial score (nSPS) is 13.0. The maximum atomic E-state index is 11.6. The second kappa shape index (κ2) is 16.8. The maximum absolute atomic E-state index is 11.6. The van der Waals surface area contributed by atoms with Crippen molar-refractivity contribution >= 4 is 14.3 Å². The third kappa shape index (κ3) is 20.0. The monoisotopic (exact) mass is 384 g/mol. The number of hydrogen-bond acceptors (Lipinski definition) is 2. The van der Waals surface area contributed by atoms with E-state index in [2.05, 4.69) is 33.5 Å². The molecule has 26 heavy (non-hydrogen) atoms. The van der Waals surface area contributed by atoms with Gasteiger partial charge in [0.05, 0.1) is 0 Å². The zero-order valence-electron chi connectivity index (χ0n) is 18.7. The standard InChI is InChI=1S/C23H48O2Si/c1-6-7-16-19-22(2)20-17-14-12-10-8-9-11-13-15-18-21-23(24)25-26(3,4)5/h22H,6-21H2,1-5H3. The minimum absolute atomic E-state index is 0.0175. The zero-order chi connectivity index (χ0) is 19.7. The third-order valence-corrected chi connectivity index (χ3v) is 5.89. The molecular weight excluding hydrogens is 336 g/mol. The molecule has 1 unspecified atom stereocenters. The predicted octanol–water partition coefficient (Wildman–Crippen LogP) is 8.26. The molecule has 0 spiro atoms. The molecule has 0 aliphatic heterocycles. The van der Waals surface area contributed by atoms with Gasteiger partial charge in [0.2, 0.25) is 8.32 Å². The Kier molecular flexibility index (Phi) is 16.6. The highest BCUT2D eigenvalue weighted by atomic mass is 28.4. The summed E-state index contributed by atoms with van der Waals surface area (Å²) < 4.78 is 5.47. The van der Waals surface area contributed by atoms with Gasteiger partial charge in [0, 0.05) is 6.42 Å². The van der Waals surface area contributed by atoms with Crippen molar-refractivity contribution in [1.82, 2.24) is 0 Å². The minimum atomic E-state index is -1.68. The summed E-state index contributed by atoms with van der Waals surface area (Å²) in [6.07, 6.45) is 20.9. The van der Waals surface area contributed by atoms with Crippen LogP contribution in [0, 0.1) is 5.92 Å². The third-order valence-electron chi connectivity index (χ3n) is 5.05. The summed E-state index contributed by atoms with van der Waals surface area (Å²) in [4.78, 5) is 11.6. The van der Waals surface area contributed by atoms with Crippen LogP contribution in [0.1, 0.15) is 117 Å². The molecule has 2 nitrogen and oxygen atoms in total. The van der Waals surface area contributed by atoms with Crippen LogP contribution in [-0.4, -0.2) is 14.3 Å². The molecule has 0 aromatic carbocycles. The Bertz CT molecular complexity index is 323. The van der Waals surface area contributed by atoms with Crippen LogP contribution >= 0.6 is 0 Å². The van der Waals surface area contributed by atoms with E-state index in [9.17, 15) is 4.79 Å². The van der Waals surface area contributed by atoms with Gasteiger partial charge in [0.15, 0.2) is 0 Å². The lowest BCUT2D eigenvalue weighted by atomic mass is 9.96. The molecule has 0 aliphatic carbocycles. The average Bonchev–Trinajstić information content (AvgIpc) is 2.54. The van der Waals surface area contributed by atoms with Gasteiger partial charge in [-0.05, 0) is 32.0 Å². The first-order valence-electron chi connectivity index (χ1n) is 11.6. The average molecular weight is 385 g/mol. The molecule has 0 aliphatic rings. The summed E-state index contributed by atoms with van der Waals surface area (Å²) >= 11 is 0. The Morgan fingerprint density at radius 2 is 1.15 bits per heavy atom. The van der Waals surface area contributed by atoms with Gasteiger partial charge < -0.3 is 4.43 Å². The van der Waals surface area contributed by atoms with Crippen molar-refractivity contribution in [2.24, 2.45) is 5.92 Å². The van der Waals surface area contributed by atoms with Crippen molar-refractivity contribution in [2.75, 3.05) is 0 Å². The Balaban J connectivity index is 3.23.